The minimum atomic E-state index is -1.44. The van der Waals surface area contributed by atoms with Crippen molar-refractivity contribution in [1.82, 2.24) is 0 Å². The normalized spacial score (nSPS) is 11.9. The Hall–Kier alpha value is -2.02. The molecule has 0 heterocycles. The summed E-state index contributed by atoms with van der Waals surface area (Å²) in [6, 6.07) is 5.80. The Balaban J connectivity index is 3.04. The maximum atomic E-state index is 12.3. The molecule has 0 fully saturated rings. The molecular formula is C12H12F2O5. The molecule has 7 heteroatoms. The number of alkyl halides is 2. The topological polar surface area (TPSA) is 72.8 Å². The lowest BCUT2D eigenvalue weighted by molar-refractivity contribution is -0.145. The SMILES string of the molecule is O=C(O)CC(=O)C(OCF)c1ccccc1OCF. The van der Waals surface area contributed by atoms with Crippen LogP contribution >= 0.6 is 0 Å². The van der Waals surface area contributed by atoms with Crippen LogP contribution in [0.2, 0.25) is 0 Å². The smallest absolute Gasteiger partial charge is 0.310 e. The molecule has 1 unspecified atom stereocenters. The van der Waals surface area contributed by atoms with Crippen LogP contribution in [-0.2, 0) is 14.3 Å². The molecule has 5 nitrogen and oxygen atoms in total. The molecule has 0 saturated heterocycles. The first-order valence-electron chi connectivity index (χ1n) is 5.30. The molecule has 0 amide bonds. The predicted molar refractivity (Wildman–Crippen MR) is 60.1 cm³/mol. The first-order chi connectivity index (χ1) is 9.10. The van der Waals surface area contributed by atoms with E-state index in [0.29, 0.717) is 0 Å². The minimum absolute atomic E-state index is 0.00203. The van der Waals surface area contributed by atoms with Gasteiger partial charge in [-0.2, -0.15) is 0 Å². The lowest BCUT2D eigenvalue weighted by atomic mass is 10.0. The Kier molecular flexibility index (Phi) is 5.87. The van der Waals surface area contributed by atoms with Crippen molar-refractivity contribution >= 4 is 11.8 Å². The number of hydrogen-bond acceptors (Lipinski definition) is 4. The van der Waals surface area contributed by atoms with E-state index in [1.807, 2.05) is 0 Å². The van der Waals surface area contributed by atoms with Crippen LogP contribution in [0.25, 0.3) is 0 Å². The van der Waals surface area contributed by atoms with Crippen molar-refractivity contribution in [2.45, 2.75) is 12.5 Å². The fourth-order valence-electron chi connectivity index (χ4n) is 1.55. The van der Waals surface area contributed by atoms with Gasteiger partial charge < -0.3 is 14.6 Å². The number of hydrogen-bond donors (Lipinski definition) is 1. The molecule has 1 N–H and O–H groups in total. The number of carboxylic acid groups (broad SMARTS) is 1. The zero-order chi connectivity index (χ0) is 14.3. The van der Waals surface area contributed by atoms with Crippen LogP contribution in [0, 0.1) is 0 Å². The highest BCUT2D eigenvalue weighted by Crippen LogP contribution is 2.29. The van der Waals surface area contributed by atoms with E-state index >= 15 is 0 Å². The molecule has 0 aliphatic carbocycles. The van der Waals surface area contributed by atoms with Crippen molar-refractivity contribution in [2.75, 3.05) is 13.7 Å². The highest BCUT2D eigenvalue weighted by Gasteiger charge is 2.26. The lowest BCUT2D eigenvalue weighted by Gasteiger charge is -2.17. The average Bonchev–Trinajstić information content (AvgIpc) is 2.36. The van der Waals surface area contributed by atoms with E-state index in [1.165, 1.54) is 24.3 Å². The van der Waals surface area contributed by atoms with E-state index in [2.05, 4.69) is 9.47 Å². The van der Waals surface area contributed by atoms with Crippen molar-refractivity contribution in [1.29, 1.82) is 0 Å². The zero-order valence-electron chi connectivity index (χ0n) is 9.84. The van der Waals surface area contributed by atoms with E-state index in [4.69, 9.17) is 5.11 Å². The number of aliphatic carboxylic acids is 1. The van der Waals surface area contributed by atoms with Crippen LogP contribution in [0.4, 0.5) is 8.78 Å². The molecule has 1 aromatic carbocycles. The number of benzene rings is 1. The lowest BCUT2D eigenvalue weighted by Crippen LogP contribution is -2.19. The number of ketones is 1. The van der Waals surface area contributed by atoms with Crippen LogP contribution in [0.15, 0.2) is 24.3 Å². The van der Waals surface area contributed by atoms with Crippen LogP contribution in [0.3, 0.4) is 0 Å². The summed E-state index contributed by atoms with van der Waals surface area (Å²) in [7, 11) is 0. The standard InChI is InChI=1S/C12H12F2O5/c13-6-18-10-4-2-1-3-8(10)12(19-7-14)9(15)5-11(16)17/h1-4,12H,5-7H2,(H,16,17). The third-order valence-electron chi connectivity index (χ3n) is 2.26. The van der Waals surface area contributed by atoms with Gasteiger partial charge in [0.1, 0.15) is 18.3 Å². The molecule has 1 rings (SSSR count). The molecule has 0 spiro atoms. The Morgan fingerprint density at radius 1 is 1.21 bits per heavy atom. The maximum Gasteiger partial charge on any atom is 0.310 e. The second kappa shape index (κ2) is 7.42. The van der Waals surface area contributed by atoms with Gasteiger partial charge in [0.2, 0.25) is 6.86 Å². The molecule has 0 radical (unpaired) electrons. The summed E-state index contributed by atoms with van der Waals surface area (Å²) in [6.45, 7) is -2.41. The van der Waals surface area contributed by atoms with Gasteiger partial charge in [-0.3, -0.25) is 9.59 Å². The predicted octanol–water partition coefficient (Wildman–Crippen LogP) is 2.02. The van der Waals surface area contributed by atoms with Crippen molar-refractivity contribution in [2.24, 2.45) is 0 Å². The number of carboxylic acids is 1. The quantitative estimate of drug-likeness (QED) is 0.734. The molecule has 19 heavy (non-hydrogen) atoms. The van der Waals surface area contributed by atoms with Gasteiger partial charge in [-0.25, -0.2) is 8.78 Å². The molecule has 0 saturated carbocycles. The van der Waals surface area contributed by atoms with Gasteiger partial charge in [-0.05, 0) is 6.07 Å². The zero-order valence-corrected chi connectivity index (χ0v) is 9.84. The first kappa shape index (κ1) is 15.0. The number of para-hydroxylation sites is 1. The Bertz CT molecular complexity index is 450. The molecule has 1 aromatic rings. The third-order valence-corrected chi connectivity index (χ3v) is 2.26. The Morgan fingerprint density at radius 3 is 2.47 bits per heavy atom. The first-order valence-corrected chi connectivity index (χ1v) is 5.30. The van der Waals surface area contributed by atoms with Crippen LogP contribution in [0.1, 0.15) is 18.1 Å². The van der Waals surface area contributed by atoms with Gasteiger partial charge in [0.05, 0.1) is 0 Å². The van der Waals surface area contributed by atoms with Gasteiger partial charge in [0.25, 0.3) is 0 Å². The summed E-state index contributed by atoms with van der Waals surface area (Å²) in [5, 5.41) is 8.56. The highest BCUT2D eigenvalue weighted by molar-refractivity contribution is 5.98. The highest BCUT2D eigenvalue weighted by atomic mass is 19.1. The number of halogens is 2. The second-order valence-electron chi connectivity index (χ2n) is 3.48. The second-order valence-corrected chi connectivity index (χ2v) is 3.48. The van der Waals surface area contributed by atoms with Crippen LogP contribution < -0.4 is 4.74 Å². The molecule has 0 aliphatic heterocycles. The molecule has 104 valence electrons. The van der Waals surface area contributed by atoms with Crippen LogP contribution in [-0.4, -0.2) is 30.6 Å². The van der Waals surface area contributed by atoms with Crippen molar-refractivity contribution in [3.8, 4) is 5.75 Å². The van der Waals surface area contributed by atoms with Crippen molar-refractivity contribution in [3.05, 3.63) is 29.8 Å². The maximum absolute atomic E-state index is 12.3. The number of carbonyl (C=O) groups is 2. The number of Topliss-reactive ketones (excluding diaryl/α,β-unsaturated/α-hetero) is 1. The van der Waals surface area contributed by atoms with Crippen molar-refractivity contribution in [3.63, 3.8) is 0 Å². The van der Waals surface area contributed by atoms with Gasteiger partial charge in [0, 0.05) is 5.56 Å². The Morgan fingerprint density at radius 2 is 1.89 bits per heavy atom. The van der Waals surface area contributed by atoms with Gasteiger partial charge >= 0.3 is 5.97 Å². The number of carbonyl (C=O) groups excluding carboxylic acids is 1. The molecular weight excluding hydrogens is 262 g/mol. The fourth-order valence-corrected chi connectivity index (χ4v) is 1.55. The molecule has 0 aromatic heterocycles. The van der Waals surface area contributed by atoms with Crippen LogP contribution in [0.5, 0.6) is 5.75 Å². The van der Waals surface area contributed by atoms with E-state index < -0.39 is 38.0 Å². The van der Waals surface area contributed by atoms with E-state index in [1.54, 1.807) is 0 Å². The summed E-state index contributed by atoms with van der Waals surface area (Å²) in [4.78, 5) is 22.2. The summed E-state index contributed by atoms with van der Waals surface area (Å²) in [5.74, 6) is -2.21. The summed E-state index contributed by atoms with van der Waals surface area (Å²) >= 11 is 0. The summed E-state index contributed by atoms with van der Waals surface area (Å²) in [6.07, 6.45) is -2.27. The number of rotatable bonds is 8. The average molecular weight is 274 g/mol. The largest absolute Gasteiger partial charge is 0.481 e. The summed E-state index contributed by atoms with van der Waals surface area (Å²) in [5.41, 5.74) is 0.0871. The number of ether oxygens (including phenoxy) is 2. The fraction of sp³-hybridized carbons (Fsp3) is 0.333. The third kappa shape index (κ3) is 4.29. The van der Waals surface area contributed by atoms with E-state index in [9.17, 15) is 18.4 Å². The van der Waals surface area contributed by atoms with E-state index in [-0.39, 0.29) is 11.3 Å². The van der Waals surface area contributed by atoms with Crippen molar-refractivity contribution < 1.29 is 33.0 Å². The molecule has 0 aliphatic rings. The molecule has 1 atom stereocenters. The van der Waals surface area contributed by atoms with E-state index in [0.717, 1.165) is 0 Å². The Labute approximate surface area is 107 Å². The monoisotopic (exact) mass is 274 g/mol. The summed E-state index contributed by atoms with van der Waals surface area (Å²) < 4.78 is 33.8. The van der Waals surface area contributed by atoms with Gasteiger partial charge in [0.15, 0.2) is 12.6 Å². The van der Waals surface area contributed by atoms with Gasteiger partial charge in [-0.15, -0.1) is 0 Å². The molecule has 0 bridgehead atoms. The van der Waals surface area contributed by atoms with Gasteiger partial charge in [-0.1, -0.05) is 18.2 Å². The minimum Gasteiger partial charge on any atom is -0.481 e.